The molecule has 1 atom stereocenters. The van der Waals surface area contributed by atoms with Crippen LogP contribution in [0.25, 0.3) is 11.0 Å². The van der Waals surface area contributed by atoms with E-state index in [0.717, 1.165) is 40.8 Å². The maximum absolute atomic E-state index is 12.5. The summed E-state index contributed by atoms with van der Waals surface area (Å²) in [5.74, 6) is 0.581. The molecular formula is C26H26N2O3. The van der Waals surface area contributed by atoms with Crippen molar-refractivity contribution in [1.82, 2.24) is 9.97 Å². The molecule has 4 rings (SSSR count). The number of carbonyl (C=O) groups is 1. The smallest absolute Gasteiger partial charge is 0.338 e. The van der Waals surface area contributed by atoms with Crippen LogP contribution in [0.4, 0.5) is 0 Å². The Bertz CT molecular complexity index is 1170. The molecule has 1 unspecified atom stereocenters. The predicted octanol–water partition coefficient (Wildman–Crippen LogP) is 5.26. The number of esters is 1. The van der Waals surface area contributed by atoms with Gasteiger partial charge in [0, 0.05) is 19.1 Å². The minimum Gasteiger partial charge on any atom is -0.462 e. The topological polar surface area (TPSA) is 64.2 Å². The van der Waals surface area contributed by atoms with E-state index in [9.17, 15) is 4.79 Å². The monoisotopic (exact) mass is 414 g/mol. The number of hydrogen-bond acceptors (Lipinski definition) is 4. The standard InChI is InChI=1S/C26H26N2O3/c1-3-31-26(29)20-13-8-7-12-19(20)25(30-2)21-14-9-15-22-24(21)28-23(27-22)17-16-18-10-5-4-6-11-18/h4-15,25H,3,16-17H2,1-2H3,(H,27,28). The minimum atomic E-state index is -0.436. The molecule has 3 aromatic carbocycles. The Morgan fingerprint density at radius 3 is 2.45 bits per heavy atom. The number of hydrogen-bond donors (Lipinski definition) is 1. The van der Waals surface area contributed by atoms with Crippen LogP contribution in [-0.4, -0.2) is 29.7 Å². The van der Waals surface area contributed by atoms with Crippen LogP contribution in [0.3, 0.4) is 0 Å². The summed E-state index contributed by atoms with van der Waals surface area (Å²) in [5.41, 5.74) is 5.28. The highest BCUT2D eigenvalue weighted by atomic mass is 16.5. The summed E-state index contributed by atoms with van der Waals surface area (Å²) in [4.78, 5) is 20.8. The van der Waals surface area contributed by atoms with Crippen LogP contribution in [-0.2, 0) is 22.3 Å². The van der Waals surface area contributed by atoms with Crippen LogP contribution in [0.2, 0.25) is 0 Å². The molecule has 0 fully saturated rings. The minimum absolute atomic E-state index is 0.324. The van der Waals surface area contributed by atoms with Crippen molar-refractivity contribution in [3.8, 4) is 0 Å². The van der Waals surface area contributed by atoms with Crippen LogP contribution in [0.5, 0.6) is 0 Å². The normalized spacial score (nSPS) is 12.1. The SMILES string of the molecule is CCOC(=O)c1ccccc1C(OC)c1cccc2[nH]c(CCc3ccccc3)nc12. The fourth-order valence-corrected chi connectivity index (χ4v) is 3.88. The summed E-state index contributed by atoms with van der Waals surface area (Å²) in [7, 11) is 1.65. The average molecular weight is 415 g/mol. The molecule has 0 spiro atoms. The van der Waals surface area contributed by atoms with E-state index in [0.29, 0.717) is 12.2 Å². The molecule has 5 nitrogen and oxygen atoms in total. The highest BCUT2D eigenvalue weighted by Crippen LogP contribution is 2.32. The van der Waals surface area contributed by atoms with E-state index >= 15 is 0 Å². The number of benzene rings is 3. The summed E-state index contributed by atoms with van der Waals surface area (Å²) < 4.78 is 11.1. The molecule has 5 heteroatoms. The number of ether oxygens (including phenoxy) is 2. The van der Waals surface area contributed by atoms with Crippen molar-refractivity contribution in [2.24, 2.45) is 0 Å². The van der Waals surface area contributed by atoms with Crippen molar-refractivity contribution < 1.29 is 14.3 Å². The lowest BCUT2D eigenvalue weighted by Gasteiger charge is -2.19. The summed E-state index contributed by atoms with van der Waals surface area (Å²) in [6.07, 6.45) is 1.29. The molecule has 1 aromatic heterocycles. The van der Waals surface area contributed by atoms with Crippen LogP contribution >= 0.6 is 0 Å². The van der Waals surface area contributed by atoms with Gasteiger partial charge in [-0.15, -0.1) is 0 Å². The lowest BCUT2D eigenvalue weighted by atomic mass is 9.95. The maximum Gasteiger partial charge on any atom is 0.338 e. The van der Waals surface area contributed by atoms with E-state index in [1.54, 1.807) is 20.1 Å². The lowest BCUT2D eigenvalue weighted by Crippen LogP contribution is -2.13. The quantitative estimate of drug-likeness (QED) is 0.400. The van der Waals surface area contributed by atoms with Crippen molar-refractivity contribution in [2.45, 2.75) is 25.9 Å². The Balaban J connectivity index is 1.68. The van der Waals surface area contributed by atoms with Gasteiger partial charge in [0.05, 0.1) is 23.2 Å². The van der Waals surface area contributed by atoms with Crippen LogP contribution in [0.1, 0.15) is 45.9 Å². The van der Waals surface area contributed by atoms with Crippen LogP contribution in [0.15, 0.2) is 72.8 Å². The first-order valence-corrected chi connectivity index (χ1v) is 10.5. The Morgan fingerprint density at radius 1 is 0.935 bits per heavy atom. The number of nitrogens with zero attached hydrogens (tertiary/aromatic N) is 1. The highest BCUT2D eigenvalue weighted by Gasteiger charge is 2.24. The number of imidazole rings is 1. The molecule has 158 valence electrons. The number of H-pyrrole nitrogens is 1. The number of aryl methyl sites for hydroxylation is 2. The zero-order chi connectivity index (χ0) is 21.6. The van der Waals surface area contributed by atoms with Gasteiger partial charge in [0.1, 0.15) is 11.9 Å². The summed E-state index contributed by atoms with van der Waals surface area (Å²) in [5, 5.41) is 0. The van der Waals surface area contributed by atoms with Gasteiger partial charge in [0.2, 0.25) is 0 Å². The molecule has 0 saturated heterocycles. The molecule has 0 aliphatic carbocycles. The molecule has 4 aromatic rings. The maximum atomic E-state index is 12.5. The Labute approximate surface area is 182 Å². The van der Waals surface area contributed by atoms with E-state index in [-0.39, 0.29) is 5.97 Å². The highest BCUT2D eigenvalue weighted by molar-refractivity contribution is 5.92. The number of aromatic amines is 1. The Hall–Kier alpha value is -3.44. The van der Waals surface area contributed by atoms with Gasteiger partial charge < -0.3 is 14.5 Å². The van der Waals surface area contributed by atoms with Gasteiger partial charge >= 0.3 is 5.97 Å². The van der Waals surface area contributed by atoms with Crippen molar-refractivity contribution in [3.63, 3.8) is 0 Å². The molecule has 1 heterocycles. The first-order valence-electron chi connectivity index (χ1n) is 10.5. The van der Waals surface area contributed by atoms with Crippen molar-refractivity contribution in [1.29, 1.82) is 0 Å². The molecule has 0 bridgehead atoms. The number of fused-ring (bicyclic) bond motifs is 1. The number of nitrogens with one attached hydrogen (secondary N) is 1. The zero-order valence-electron chi connectivity index (χ0n) is 17.8. The van der Waals surface area contributed by atoms with Gasteiger partial charge in [-0.3, -0.25) is 0 Å². The van der Waals surface area contributed by atoms with E-state index in [2.05, 4.69) is 29.2 Å². The Kier molecular flexibility index (Phi) is 6.43. The molecular weight excluding hydrogens is 388 g/mol. The van der Waals surface area contributed by atoms with Gasteiger partial charge in [-0.2, -0.15) is 0 Å². The molecule has 0 radical (unpaired) electrons. The molecule has 0 amide bonds. The lowest BCUT2D eigenvalue weighted by molar-refractivity contribution is 0.0518. The van der Waals surface area contributed by atoms with Gasteiger partial charge in [-0.25, -0.2) is 9.78 Å². The first kappa shape index (κ1) is 20.8. The van der Waals surface area contributed by atoms with Crippen LogP contribution < -0.4 is 0 Å². The third-order valence-corrected chi connectivity index (χ3v) is 5.34. The van der Waals surface area contributed by atoms with E-state index < -0.39 is 6.10 Å². The third kappa shape index (κ3) is 4.52. The molecule has 0 aliphatic heterocycles. The van der Waals surface area contributed by atoms with Crippen LogP contribution in [0, 0.1) is 0 Å². The Morgan fingerprint density at radius 2 is 1.68 bits per heavy atom. The van der Waals surface area contributed by atoms with Gasteiger partial charge in [0.15, 0.2) is 0 Å². The fraction of sp³-hybridized carbons (Fsp3) is 0.231. The van der Waals surface area contributed by atoms with E-state index in [1.807, 2.05) is 42.5 Å². The summed E-state index contributed by atoms with van der Waals surface area (Å²) in [6, 6.07) is 23.8. The zero-order valence-corrected chi connectivity index (χ0v) is 17.8. The summed E-state index contributed by atoms with van der Waals surface area (Å²) >= 11 is 0. The van der Waals surface area contributed by atoms with Gasteiger partial charge in [0.25, 0.3) is 0 Å². The van der Waals surface area contributed by atoms with Crippen molar-refractivity contribution in [2.75, 3.05) is 13.7 Å². The largest absolute Gasteiger partial charge is 0.462 e. The number of rotatable bonds is 8. The molecule has 0 aliphatic rings. The fourth-order valence-electron chi connectivity index (χ4n) is 3.88. The molecule has 31 heavy (non-hydrogen) atoms. The second kappa shape index (κ2) is 9.58. The third-order valence-electron chi connectivity index (χ3n) is 5.34. The summed E-state index contributed by atoms with van der Waals surface area (Å²) in [6.45, 7) is 2.13. The predicted molar refractivity (Wildman–Crippen MR) is 121 cm³/mol. The van der Waals surface area contributed by atoms with Crippen molar-refractivity contribution >= 4 is 17.0 Å². The first-order chi connectivity index (χ1) is 15.2. The average Bonchev–Trinajstić information content (AvgIpc) is 3.23. The molecule has 0 saturated carbocycles. The van der Waals surface area contributed by atoms with E-state index in [1.165, 1.54) is 5.56 Å². The number of methoxy groups -OCH3 is 1. The van der Waals surface area contributed by atoms with Gasteiger partial charge in [-0.05, 0) is 36.6 Å². The van der Waals surface area contributed by atoms with Crippen molar-refractivity contribution in [3.05, 3.63) is 101 Å². The number of para-hydroxylation sites is 1. The second-order valence-electron chi connectivity index (χ2n) is 7.34. The van der Waals surface area contributed by atoms with Gasteiger partial charge in [-0.1, -0.05) is 60.7 Å². The number of aromatic nitrogens is 2. The second-order valence-corrected chi connectivity index (χ2v) is 7.34. The molecule has 1 N–H and O–H groups in total. The number of carbonyl (C=O) groups excluding carboxylic acids is 1. The van der Waals surface area contributed by atoms with E-state index in [4.69, 9.17) is 14.5 Å².